The third-order valence-corrected chi connectivity index (χ3v) is 4.16. The molecule has 0 bridgehead atoms. The predicted molar refractivity (Wildman–Crippen MR) is 88.4 cm³/mol. The second kappa shape index (κ2) is 5.68. The normalized spacial score (nSPS) is 13.6. The SMILES string of the molecule is COc1cccc(CN2CCNc3cc(C)c(C)cc32)c1. The monoisotopic (exact) mass is 282 g/mol. The van der Waals surface area contributed by atoms with Gasteiger partial charge in [0.15, 0.2) is 0 Å². The highest BCUT2D eigenvalue weighted by Crippen LogP contribution is 2.33. The summed E-state index contributed by atoms with van der Waals surface area (Å²) in [5.41, 5.74) is 6.50. The van der Waals surface area contributed by atoms with Gasteiger partial charge >= 0.3 is 0 Å². The van der Waals surface area contributed by atoms with Gasteiger partial charge in [0.25, 0.3) is 0 Å². The number of aryl methyl sites for hydroxylation is 2. The van der Waals surface area contributed by atoms with E-state index in [0.717, 1.165) is 25.4 Å². The fourth-order valence-corrected chi connectivity index (χ4v) is 2.81. The van der Waals surface area contributed by atoms with E-state index >= 15 is 0 Å². The maximum absolute atomic E-state index is 5.32. The first kappa shape index (κ1) is 13.8. The van der Waals surface area contributed by atoms with Gasteiger partial charge < -0.3 is 15.0 Å². The number of hydrogen-bond donors (Lipinski definition) is 1. The number of methoxy groups -OCH3 is 1. The summed E-state index contributed by atoms with van der Waals surface area (Å²) in [6, 6.07) is 12.9. The quantitative estimate of drug-likeness (QED) is 0.928. The Morgan fingerprint density at radius 1 is 1.14 bits per heavy atom. The van der Waals surface area contributed by atoms with Gasteiger partial charge in [0.1, 0.15) is 5.75 Å². The van der Waals surface area contributed by atoms with Crippen molar-refractivity contribution in [3.8, 4) is 5.75 Å². The molecule has 1 N–H and O–H groups in total. The van der Waals surface area contributed by atoms with Crippen molar-refractivity contribution >= 4 is 11.4 Å². The van der Waals surface area contributed by atoms with Crippen LogP contribution < -0.4 is 15.0 Å². The molecule has 1 aliphatic heterocycles. The van der Waals surface area contributed by atoms with Gasteiger partial charge in [-0.2, -0.15) is 0 Å². The van der Waals surface area contributed by atoms with E-state index < -0.39 is 0 Å². The van der Waals surface area contributed by atoms with Crippen molar-refractivity contribution in [3.63, 3.8) is 0 Å². The molecule has 0 atom stereocenters. The summed E-state index contributed by atoms with van der Waals surface area (Å²) < 4.78 is 5.32. The summed E-state index contributed by atoms with van der Waals surface area (Å²) in [6.45, 7) is 7.26. The topological polar surface area (TPSA) is 24.5 Å². The molecule has 3 heteroatoms. The van der Waals surface area contributed by atoms with Gasteiger partial charge in [-0.25, -0.2) is 0 Å². The van der Waals surface area contributed by atoms with Crippen LogP contribution in [0.1, 0.15) is 16.7 Å². The number of rotatable bonds is 3. The van der Waals surface area contributed by atoms with Gasteiger partial charge in [0, 0.05) is 19.6 Å². The van der Waals surface area contributed by atoms with Crippen LogP contribution in [0.2, 0.25) is 0 Å². The maximum Gasteiger partial charge on any atom is 0.119 e. The van der Waals surface area contributed by atoms with Crippen molar-refractivity contribution in [1.82, 2.24) is 0 Å². The lowest BCUT2D eigenvalue weighted by atomic mass is 10.0. The Labute approximate surface area is 126 Å². The Balaban J connectivity index is 1.89. The zero-order valence-electron chi connectivity index (χ0n) is 12.9. The van der Waals surface area contributed by atoms with Gasteiger partial charge in [-0.1, -0.05) is 12.1 Å². The molecule has 2 aromatic carbocycles. The zero-order chi connectivity index (χ0) is 14.8. The summed E-state index contributed by atoms with van der Waals surface area (Å²) in [5, 5.41) is 3.50. The minimum absolute atomic E-state index is 0.911. The first-order valence-corrected chi connectivity index (χ1v) is 7.40. The standard InChI is InChI=1S/C18H22N2O/c1-13-9-17-18(10-14(13)2)20(8-7-19-17)12-15-5-4-6-16(11-15)21-3/h4-6,9-11,19H,7-8,12H2,1-3H3. The smallest absolute Gasteiger partial charge is 0.119 e. The van der Waals surface area contributed by atoms with Gasteiger partial charge in [-0.3, -0.25) is 0 Å². The van der Waals surface area contributed by atoms with Crippen LogP contribution in [-0.4, -0.2) is 20.2 Å². The molecule has 0 aliphatic carbocycles. The van der Waals surface area contributed by atoms with E-state index in [1.807, 2.05) is 6.07 Å². The van der Waals surface area contributed by atoms with E-state index in [-0.39, 0.29) is 0 Å². The number of benzene rings is 2. The van der Waals surface area contributed by atoms with Crippen molar-refractivity contribution in [2.24, 2.45) is 0 Å². The van der Waals surface area contributed by atoms with E-state index in [1.54, 1.807) is 7.11 Å². The second-order valence-corrected chi connectivity index (χ2v) is 5.65. The van der Waals surface area contributed by atoms with Gasteiger partial charge in [-0.15, -0.1) is 0 Å². The van der Waals surface area contributed by atoms with Crippen LogP contribution in [0.4, 0.5) is 11.4 Å². The average Bonchev–Trinajstić information content (AvgIpc) is 2.49. The Morgan fingerprint density at radius 3 is 2.76 bits per heavy atom. The van der Waals surface area contributed by atoms with Crippen LogP contribution in [0.15, 0.2) is 36.4 Å². The fourth-order valence-electron chi connectivity index (χ4n) is 2.81. The molecule has 0 unspecified atom stereocenters. The molecule has 3 rings (SSSR count). The number of ether oxygens (including phenoxy) is 1. The lowest BCUT2D eigenvalue weighted by Gasteiger charge is -2.33. The Bertz CT molecular complexity index is 652. The molecule has 3 nitrogen and oxygen atoms in total. The van der Waals surface area contributed by atoms with Crippen LogP contribution in [-0.2, 0) is 6.54 Å². The van der Waals surface area contributed by atoms with Crippen molar-refractivity contribution in [3.05, 3.63) is 53.1 Å². The highest BCUT2D eigenvalue weighted by Gasteiger charge is 2.17. The lowest BCUT2D eigenvalue weighted by molar-refractivity contribution is 0.414. The van der Waals surface area contributed by atoms with Crippen LogP contribution in [0, 0.1) is 13.8 Å². The molecule has 1 aliphatic rings. The first-order chi connectivity index (χ1) is 10.2. The molecule has 1 heterocycles. The molecule has 0 aromatic heterocycles. The van der Waals surface area contributed by atoms with Crippen molar-refractivity contribution in [2.75, 3.05) is 30.4 Å². The van der Waals surface area contributed by atoms with Crippen molar-refractivity contribution in [2.45, 2.75) is 20.4 Å². The minimum atomic E-state index is 0.911. The zero-order valence-corrected chi connectivity index (χ0v) is 12.9. The van der Waals surface area contributed by atoms with Crippen LogP contribution in [0.5, 0.6) is 5.75 Å². The molecule has 0 saturated heterocycles. The molecule has 0 fully saturated rings. The number of anilines is 2. The Hall–Kier alpha value is -2.16. The number of nitrogens with one attached hydrogen (secondary N) is 1. The molecule has 0 spiro atoms. The number of fused-ring (bicyclic) bond motifs is 1. The third-order valence-electron chi connectivity index (χ3n) is 4.16. The van der Waals surface area contributed by atoms with E-state index in [0.29, 0.717) is 0 Å². The fraction of sp³-hybridized carbons (Fsp3) is 0.333. The second-order valence-electron chi connectivity index (χ2n) is 5.65. The Morgan fingerprint density at radius 2 is 1.95 bits per heavy atom. The number of nitrogens with zero attached hydrogens (tertiary/aromatic N) is 1. The van der Waals surface area contributed by atoms with Crippen LogP contribution in [0.3, 0.4) is 0 Å². The van der Waals surface area contributed by atoms with Gasteiger partial charge in [0.2, 0.25) is 0 Å². The van der Waals surface area contributed by atoms with Crippen LogP contribution >= 0.6 is 0 Å². The summed E-state index contributed by atoms with van der Waals surface area (Å²) >= 11 is 0. The number of hydrogen-bond acceptors (Lipinski definition) is 3. The summed E-state index contributed by atoms with van der Waals surface area (Å²) in [5.74, 6) is 0.919. The van der Waals surface area contributed by atoms with Crippen molar-refractivity contribution < 1.29 is 4.74 Å². The van der Waals surface area contributed by atoms with Gasteiger partial charge in [0.05, 0.1) is 18.5 Å². The molecule has 2 aromatic rings. The van der Waals surface area contributed by atoms with E-state index in [4.69, 9.17) is 4.74 Å². The summed E-state index contributed by atoms with van der Waals surface area (Å²) in [6.07, 6.45) is 0. The maximum atomic E-state index is 5.32. The molecule has 110 valence electrons. The van der Waals surface area contributed by atoms with Crippen molar-refractivity contribution in [1.29, 1.82) is 0 Å². The molecule has 21 heavy (non-hydrogen) atoms. The predicted octanol–water partition coefficient (Wildman–Crippen LogP) is 3.74. The lowest BCUT2D eigenvalue weighted by Crippen LogP contribution is -2.33. The van der Waals surface area contributed by atoms with E-state index in [2.05, 4.69) is 54.4 Å². The Kier molecular flexibility index (Phi) is 3.74. The molecule has 0 amide bonds. The molecular formula is C18H22N2O. The van der Waals surface area contributed by atoms with Gasteiger partial charge in [-0.05, 0) is 54.8 Å². The van der Waals surface area contributed by atoms with E-state index in [9.17, 15) is 0 Å². The first-order valence-electron chi connectivity index (χ1n) is 7.40. The minimum Gasteiger partial charge on any atom is -0.497 e. The average molecular weight is 282 g/mol. The highest BCUT2D eigenvalue weighted by molar-refractivity contribution is 5.74. The van der Waals surface area contributed by atoms with Crippen LogP contribution in [0.25, 0.3) is 0 Å². The molecule has 0 saturated carbocycles. The largest absolute Gasteiger partial charge is 0.497 e. The highest BCUT2D eigenvalue weighted by atomic mass is 16.5. The molecule has 0 radical (unpaired) electrons. The van der Waals surface area contributed by atoms with E-state index in [1.165, 1.54) is 28.1 Å². The molecular weight excluding hydrogens is 260 g/mol. The third kappa shape index (κ3) is 2.82. The summed E-state index contributed by atoms with van der Waals surface area (Å²) in [4.78, 5) is 2.44. The summed E-state index contributed by atoms with van der Waals surface area (Å²) in [7, 11) is 1.71.